The second-order valence-corrected chi connectivity index (χ2v) is 37.0. The molecular weight excluding hydrogens is 1750 g/mol. The summed E-state index contributed by atoms with van der Waals surface area (Å²) in [5, 5.41) is 34.9. The summed E-state index contributed by atoms with van der Waals surface area (Å²) in [5.74, 6) is -5.19. The summed E-state index contributed by atoms with van der Waals surface area (Å²) >= 11 is 0. The molecule has 140 heavy (non-hydrogen) atoms. The highest BCUT2D eigenvalue weighted by Crippen LogP contribution is 2.46. The van der Waals surface area contributed by atoms with Crippen molar-refractivity contribution >= 4 is 152 Å². The third-order valence-corrected chi connectivity index (χ3v) is 29.0. The summed E-state index contributed by atoms with van der Waals surface area (Å²) in [7, 11) is 0. The Morgan fingerprint density at radius 1 is 0.236 bits per heavy atom. The van der Waals surface area contributed by atoms with Gasteiger partial charge in [0.2, 0.25) is 0 Å². The minimum atomic E-state index is -1.48. The van der Waals surface area contributed by atoms with Gasteiger partial charge in [-0.05, 0) is 203 Å². The Morgan fingerprint density at radius 3 is 0.986 bits per heavy atom. The van der Waals surface area contributed by atoms with Gasteiger partial charge in [-0.1, -0.05) is 239 Å². The van der Waals surface area contributed by atoms with Crippen LogP contribution in [0.2, 0.25) is 0 Å². The molecule has 0 radical (unpaired) electrons. The van der Waals surface area contributed by atoms with Crippen molar-refractivity contribution in [1.29, 1.82) is 0 Å². The van der Waals surface area contributed by atoms with E-state index in [1.165, 1.54) is 180 Å². The maximum atomic E-state index is 15.7. The van der Waals surface area contributed by atoms with Crippen molar-refractivity contribution in [3.8, 4) is 56.3 Å². The molecular formula is C121H85F6N13. The highest BCUT2D eigenvalue weighted by Gasteiger charge is 2.32. The fraction of sp³-hybridized carbons (Fsp3) is 0.0992. The van der Waals surface area contributed by atoms with E-state index in [1.54, 1.807) is 79.1 Å². The molecule has 2 aliphatic carbocycles. The normalized spacial score (nSPS) is 13.4. The number of halogens is 6. The maximum absolute atomic E-state index is 15.7. The van der Waals surface area contributed by atoms with Crippen LogP contribution < -0.4 is 0 Å². The zero-order valence-electron chi connectivity index (χ0n) is 75.7. The first-order valence-electron chi connectivity index (χ1n) is 47.7. The van der Waals surface area contributed by atoms with Crippen LogP contribution in [-0.2, 0) is 0 Å². The number of benzene rings is 14. The molecule has 13 aromatic heterocycles. The summed E-state index contributed by atoms with van der Waals surface area (Å²) in [6.45, 7) is 0. The van der Waals surface area contributed by atoms with Crippen molar-refractivity contribution in [1.82, 2.24) is 61.7 Å². The number of aromatic nitrogens is 13. The van der Waals surface area contributed by atoms with Crippen molar-refractivity contribution in [2.75, 3.05) is 0 Å². The van der Waals surface area contributed by atoms with Gasteiger partial charge < -0.3 is 18.3 Å². The lowest BCUT2D eigenvalue weighted by Gasteiger charge is -2.22. The third kappa shape index (κ3) is 14.1. The Labute approximate surface area is 797 Å². The molecule has 14 aromatic carbocycles. The van der Waals surface area contributed by atoms with Crippen LogP contribution in [0.3, 0.4) is 0 Å². The number of pyridine rings is 5. The fourth-order valence-corrected chi connectivity index (χ4v) is 22.2. The second-order valence-electron chi connectivity index (χ2n) is 37.0. The maximum Gasteiger partial charge on any atom is 0.186 e. The van der Waals surface area contributed by atoms with Crippen LogP contribution in [0.1, 0.15) is 87.2 Å². The van der Waals surface area contributed by atoms with Crippen molar-refractivity contribution in [2.24, 2.45) is 0 Å². The van der Waals surface area contributed by atoms with E-state index in [-0.39, 0.29) is 17.2 Å². The van der Waals surface area contributed by atoms with Gasteiger partial charge in [-0.2, -0.15) is 20.4 Å². The minimum Gasteiger partial charge on any atom is -0.309 e. The van der Waals surface area contributed by atoms with Crippen LogP contribution >= 0.6 is 0 Å². The number of fused-ring (bicyclic) bond motifs is 20. The number of hydrogen-bond acceptors (Lipinski definition) is 5. The molecule has 13 heterocycles. The molecule has 0 unspecified atom stereocenters. The fourth-order valence-electron chi connectivity index (χ4n) is 22.2. The Morgan fingerprint density at radius 2 is 0.571 bits per heavy atom. The van der Waals surface area contributed by atoms with Crippen LogP contribution in [0.4, 0.5) is 26.3 Å². The zero-order valence-corrected chi connectivity index (χ0v) is 75.7. The molecule has 0 N–H and O–H groups in total. The smallest absolute Gasteiger partial charge is 0.186 e. The second kappa shape index (κ2) is 34.0. The van der Waals surface area contributed by atoms with E-state index in [0.29, 0.717) is 49.9 Å². The van der Waals surface area contributed by atoms with Gasteiger partial charge in [0, 0.05) is 118 Å². The lowest BCUT2D eigenvalue weighted by Crippen LogP contribution is -2.09. The standard InChI is InChI=1S/C35H35N3.C34H22N4.C29H15F4N3.C23H13F2N3/c1-3-9-24(10-4-1)27-15-17-32-30(19-27)31-20-28(25-11-5-2-6-12-25)16-18-33(31)38(32)35-22-36-37-23-29-14-8-7-13-26(29)21-34(35)37;1-2-8-26-22-37-34(19-24(26)7-1)30(21-36-37)31-18-15-25(20-35-31)23-13-16-27(17-14-23)38-32-11-5-3-9-28(32)29-10-4-6-12-33(29)38;30-25-24(20-14-34-35-15-17-8-2-1-7-16(17)13-23(20)35)26(31)28(33)29(27(25)32)36-21-11-5-3-9-18(21)19-10-4-6-12-22(19)36;24-16-5-7-20-18(10-16)19-11-17(25)6-8-21(19)28(20)23-12-26-27-13-15-4-2-1-3-14(15)9-22(23)27/h7-8,13-25H,1-6,9-12H2;1-22H;1-15H;1-13H. The van der Waals surface area contributed by atoms with Gasteiger partial charge in [-0.15, -0.1) is 0 Å². The van der Waals surface area contributed by atoms with Gasteiger partial charge in [0.1, 0.15) is 17.3 Å². The first kappa shape index (κ1) is 83.4. The molecule has 2 fully saturated rings. The van der Waals surface area contributed by atoms with Gasteiger partial charge in [-0.25, -0.2) is 44.4 Å². The number of hydrogen-bond donors (Lipinski definition) is 0. The van der Waals surface area contributed by atoms with Crippen molar-refractivity contribution in [3.63, 3.8) is 0 Å². The van der Waals surface area contributed by atoms with Crippen molar-refractivity contribution in [3.05, 3.63) is 429 Å². The zero-order chi connectivity index (χ0) is 93.5. The van der Waals surface area contributed by atoms with E-state index in [1.807, 2.05) is 85.2 Å². The molecule has 2 aliphatic rings. The summed E-state index contributed by atoms with van der Waals surface area (Å²) in [4.78, 5) is 4.82. The molecule has 0 bridgehead atoms. The van der Waals surface area contributed by atoms with Gasteiger partial charge in [0.25, 0.3) is 0 Å². The first-order valence-corrected chi connectivity index (χ1v) is 47.7. The molecule has 0 aliphatic heterocycles. The molecule has 0 amide bonds. The van der Waals surface area contributed by atoms with Gasteiger partial charge in [0.15, 0.2) is 23.3 Å². The summed E-state index contributed by atoms with van der Waals surface area (Å²) in [6, 6.07) is 109. The van der Waals surface area contributed by atoms with Crippen LogP contribution in [-0.4, -0.2) is 61.7 Å². The Bertz CT molecular complexity index is 9390. The molecule has 0 spiro atoms. The van der Waals surface area contributed by atoms with Crippen molar-refractivity contribution < 1.29 is 26.3 Å². The summed E-state index contributed by atoms with van der Waals surface area (Å²) < 4.78 is 106. The van der Waals surface area contributed by atoms with E-state index in [0.717, 1.165) is 88.6 Å². The lowest BCUT2D eigenvalue weighted by molar-refractivity contribution is 0.444. The third-order valence-electron chi connectivity index (χ3n) is 29.0. The minimum absolute atomic E-state index is 0.0395. The average molecular weight is 1840 g/mol. The van der Waals surface area contributed by atoms with Gasteiger partial charge in [0.05, 0.1) is 114 Å². The van der Waals surface area contributed by atoms with Crippen LogP contribution in [0.5, 0.6) is 0 Å². The van der Waals surface area contributed by atoms with Gasteiger partial charge >= 0.3 is 0 Å². The Kier molecular flexibility index (Phi) is 20.2. The van der Waals surface area contributed by atoms with E-state index in [9.17, 15) is 8.78 Å². The SMILES string of the molecule is Fc1c(F)c(-n2c3ccccc3c3ccccc32)c(F)c(F)c1-c1cnn2cc3ccccc3cc12.Fc1ccc2c(c1)c1cc(F)ccc1n2-c1cnn2cc3ccccc3cc12.c1ccc2cn3ncc(-c4ccc(-c5ccc(-n6c7ccccc7c7ccccc76)cc5)cn4)c3cc2c1.c1ccc2cn3ncc(-n4c5ccc(C6CCCCC6)cc5c5cc(C6CCCCC6)ccc54)c3cc2c1. The molecule has 0 atom stereocenters. The van der Waals surface area contributed by atoms with Gasteiger partial charge in [-0.3, -0.25) is 4.98 Å². The predicted molar refractivity (Wildman–Crippen MR) is 554 cm³/mol. The lowest BCUT2D eigenvalue weighted by atomic mass is 9.83. The summed E-state index contributed by atoms with van der Waals surface area (Å²) in [6.07, 6.45) is 30.4. The molecule has 676 valence electrons. The molecule has 19 heteroatoms. The molecule has 27 aromatic rings. The molecule has 2 saturated carbocycles. The first-order chi connectivity index (χ1) is 68.9. The van der Waals surface area contributed by atoms with E-state index in [2.05, 4.69) is 231 Å². The average Bonchev–Trinajstić information content (AvgIpc) is 1.61. The largest absolute Gasteiger partial charge is 0.309 e. The highest BCUT2D eigenvalue weighted by atomic mass is 19.2. The number of nitrogens with zero attached hydrogens (tertiary/aromatic N) is 13. The molecule has 13 nitrogen and oxygen atoms in total. The van der Waals surface area contributed by atoms with Crippen LogP contribution in [0, 0.1) is 34.9 Å². The van der Waals surface area contributed by atoms with E-state index in [4.69, 9.17) is 10.1 Å². The number of para-hydroxylation sites is 4. The predicted octanol–water partition coefficient (Wildman–Crippen LogP) is 31.7. The van der Waals surface area contributed by atoms with E-state index >= 15 is 17.6 Å². The Hall–Kier alpha value is -17.2. The van der Waals surface area contributed by atoms with Crippen LogP contribution in [0.15, 0.2) is 383 Å². The molecule has 29 rings (SSSR count). The van der Waals surface area contributed by atoms with Crippen molar-refractivity contribution in [2.45, 2.75) is 76.0 Å². The highest BCUT2D eigenvalue weighted by molar-refractivity contribution is 6.14. The molecule has 0 saturated heterocycles. The number of rotatable bonds is 9. The monoisotopic (exact) mass is 1830 g/mol. The summed E-state index contributed by atoms with van der Waals surface area (Å²) in [5.41, 5.74) is 19.8. The quantitative estimate of drug-likeness (QED) is 0.106. The van der Waals surface area contributed by atoms with Crippen LogP contribution in [0.25, 0.3) is 209 Å². The van der Waals surface area contributed by atoms with E-state index < -0.39 is 34.5 Å². The Balaban J connectivity index is 0.0000000966. The topological polar surface area (TPSA) is 102 Å².